The SMILES string of the molecule is CCN1C(=O)c2cccc3cc(S(=O)(=O)Nc4cccc5ccccc45)cc(c23)C1=O. The standard InChI is InChI=1S/C24H18N2O4S/c1-2-26-23(27)19-11-5-9-16-13-17(14-20(22(16)19)24(26)28)31(29,30)25-21-12-6-8-15-7-3-4-10-18(15)21/h3-14,25H,2H2,1H3. The van der Waals surface area contributed by atoms with E-state index in [1.54, 1.807) is 37.3 Å². The molecule has 2 amide bonds. The van der Waals surface area contributed by atoms with Crippen molar-refractivity contribution >= 4 is 49.1 Å². The molecule has 6 nitrogen and oxygen atoms in total. The molecule has 1 aliphatic heterocycles. The average Bonchev–Trinajstić information content (AvgIpc) is 2.77. The summed E-state index contributed by atoms with van der Waals surface area (Å²) in [5.74, 6) is -0.853. The Kier molecular flexibility index (Phi) is 4.30. The number of nitrogens with zero attached hydrogens (tertiary/aromatic N) is 1. The highest BCUT2D eigenvalue weighted by Gasteiger charge is 2.33. The number of hydrogen-bond donors (Lipinski definition) is 1. The Morgan fingerprint density at radius 2 is 1.48 bits per heavy atom. The van der Waals surface area contributed by atoms with Gasteiger partial charge in [-0.3, -0.25) is 19.2 Å². The number of nitrogens with one attached hydrogen (secondary N) is 1. The maximum atomic E-state index is 13.3. The number of hydrogen-bond acceptors (Lipinski definition) is 4. The monoisotopic (exact) mass is 430 g/mol. The Morgan fingerprint density at radius 3 is 2.29 bits per heavy atom. The number of benzene rings is 4. The molecular formula is C24H18N2O4S. The third-order valence-electron chi connectivity index (χ3n) is 5.56. The lowest BCUT2D eigenvalue weighted by Crippen LogP contribution is -2.40. The number of carbonyl (C=O) groups excluding carboxylic acids is 2. The van der Waals surface area contributed by atoms with Crippen molar-refractivity contribution in [2.45, 2.75) is 11.8 Å². The molecule has 0 unspecified atom stereocenters. The van der Waals surface area contributed by atoms with Gasteiger partial charge in [-0.1, -0.05) is 48.5 Å². The Bertz CT molecular complexity index is 1500. The highest BCUT2D eigenvalue weighted by atomic mass is 32.2. The molecule has 0 saturated heterocycles. The Hall–Kier alpha value is -3.71. The van der Waals surface area contributed by atoms with Gasteiger partial charge < -0.3 is 0 Å². The quantitative estimate of drug-likeness (QED) is 0.486. The second kappa shape index (κ2) is 6.92. The van der Waals surface area contributed by atoms with Crippen molar-refractivity contribution < 1.29 is 18.0 Å². The predicted molar refractivity (Wildman–Crippen MR) is 120 cm³/mol. The third-order valence-corrected chi connectivity index (χ3v) is 6.91. The van der Waals surface area contributed by atoms with Gasteiger partial charge >= 0.3 is 0 Å². The molecule has 0 saturated carbocycles. The Balaban J connectivity index is 1.68. The number of fused-ring (bicyclic) bond motifs is 1. The van der Waals surface area contributed by atoms with Gasteiger partial charge in [0.25, 0.3) is 21.8 Å². The fraction of sp³-hybridized carbons (Fsp3) is 0.0833. The topological polar surface area (TPSA) is 83.6 Å². The average molecular weight is 430 g/mol. The van der Waals surface area contributed by atoms with E-state index in [0.29, 0.717) is 22.0 Å². The van der Waals surface area contributed by atoms with Gasteiger partial charge in [0.05, 0.1) is 10.6 Å². The molecule has 4 aromatic carbocycles. The molecule has 0 atom stereocenters. The number of imide groups is 1. The lowest BCUT2D eigenvalue weighted by atomic mass is 9.94. The largest absolute Gasteiger partial charge is 0.279 e. The summed E-state index contributed by atoms with van der Waals surface area (Å²) in [6, 6.07) is 20.8. The number of anilines is 1. The van der Waals surface area contributed by atoms with Crippen molar-refractivity contribution in [3.63, 3.8) is 0 Å². The van der Waals surface area contributed by atoms with Crippen LogP contribution in [-0.4, -0.2) is 31.7 Å². The summed E-state index contributed by atoms with van der Waals surface area (Å²) in [4.78, 5) is 26.7. The van der Waals surface area contributed by atoms with Crippen molar-refractivity contribution in [2.75, 3.05) is 11.3 Å². The molecule has 5 rings (SSSR count). The zero-order valence-electron chi connectivity index (χ0n) is 16.6. The van der Waals surface area contributed by atoms with Gasteiger partial charge in [-0.05, 0) is 42.0 Å². The van der Waals surface area contributed by atoms with Crippen LogP contribution >= 0.6 is 0 Å². The number of carbonyl (C=O) groups is 2. The smallest absolute Gasteiger partial charge is 0.261 e. The summed E-state index contributed by atoms with van der Waals surface area (Å²) in [6.07, 6.45) is 0. The van der Waals surface area contributed by atoms with Crippen LogP contribution in [0.3, 0.4) is 0 Å². The van der Waals surface area contributed by atoms with Crippen molar-refractivity contribution in [3.8, 4) is 0 Å². The van der Waals surface area contributed by atoms with Gasteiger partial charge in [-0.25, -0.2) is 8.42 Å². The van der Waals surface area contributed by atoms with Crippen molar-refractivity contribution in [1.82, 2.24) is 4.90 Å². The first kappa shape index (κ1) is 19.3. The fourth-order valence-corrected chi connectivity index (χ4v) is 5.23. The van der Waals surface area contributed by atoms with E-state index >= 15 is 0 Å². The van der Waals surface area contributed by atoms with Crippen LogP contribution < -0.4 is 4.72 Å². The summed E-state index contributed by atoms with van der Waals surface area (Å²) < 4.78 is 29.2. The number of sulfonamides is 1. The molecule has 7 heteroatoms. The molecule has 0 bridgehead atoms. The Labute approximate surface area is 179 Å². The highest BCUT2D eigenvalue weighted by Crippen LogP contribution is 2.33. The van der Waals surface area contributed by atoms with Crippen LogP contribution in [0, 0.1) is 0 Å². The highest BCUT2D eigenvalue weighted by molar-refractivity contribution is 7.92. The van der Waals surface area contributed by atoms with E-state index in [2.05, 4.69) is 4.72 Å². The minimum absolute atomic E-state index is 0.0289. The van der Waals surface area contributed by atoms with Crippen LogP contribution in [0.2, 0.25) is 0 Å². The van der Waals surface area contributed by atoms with Gasteiger partial charge in [-0.2, -0.15) is 0 Å². The van der Waals surface area contributed by atoms with Crippen LogP contribution in [0.1, 0.15) is 27.6 Å². The lowest BCUT2D eigenvalue weighted by molar-refractivity contribution is 0.0619. The first-order valence-electron chi connectivity index (χ1n) is 9.84. The fourth-order valence-electron chi connectivity index (χ4n) is 4.09. The molecule has 1 heterocycles. The molecule has 0 fully saturated rings. The van der Waals surface area contributed by atoms with E-state index in [9.17, 15) is 18.0 Å². The van der Waals surface area contributed by atoms with Gasteiger partial charge in [-0.15, -0.1) is 0 Å². The molecular weight excluding hydrogens is 412 g/mol. The summed E-state index contributed by atoms with van der Waals surface area (Å²) in [7, 11) is -3.98. The van der Waals surface area contributed by atoms with Gasteiger partial charge in [0.1, 0.15) is 0 Å². The van der Waals surface area contributed by atoms with Gasteiger partial charge in [0, 0.05) is 28.4 Å². The van der Waals surface area contributed by atoms with E-state index in [-0.39, 0.29) is 22.9 Å². The van der Waals surface area contributed by atoms with Crippen LogP contribution in [0.15, 0.2) is 77.7 Å². The maximum Gasteiger partial charge on any atom is 0.261 e. The molecule has 0 aliphatic carbocycles. The summed E-state index contributed by atoms with van der Waals surface area (Å²) in [5, 5.41) is 2.71. The summed E-state index contributed by atoms with van der Waals surface area (Å²) in [6.45, 7) is 1.92. The molecule has 0 spiro atoms. The normalized spacial score (nSPS) is 13.8. The van der Waals surface area contributed by atoms with Gasteiger partial charge in [0.2, 0.25) is 0 Å². The summed E-state index contributed by atoms with van der Waals surface area (Å²) >= 11 is 0. The van der Waals surface area contributed by atoms with E-state index in [0.717, 1.165) is 15.7 Å². The first-order chi connectivity index (χ1) is 14.9. The van der Waals surface area contributed by atoms with Crippen LogP contribution in [0.4, 0.5) is 5.69 Å². The maximum absolute atomic E-state index is 13.3. The molecule has 0 aromatic heterocycles. The number of amides is 2. The van der Waals surface area contributed by atoms with Crippen molar-refractivity contribution in [3.05, 3.63) is 83.9 Å². The third kappa shape index (κ3) is 2.97. The molecule has 1 N–H and O–H groups in total. The van der Waals surface area contributed by atoms with Gasteiger partial charge in [0.15, 0.2) is 0 Å². The zero-order chi connectivity index (χ0) is 21.8. The molecule has 4 aromatic rings. The van der Waals surface area contributed by atoms with E-state index in [1.165, 1.54) is 12.1 Å². The van der Waals surface area contributed by atoms with Crippen molar-refractivity contribution in [1.29, 1.82) is 0 Å². The van der Waals surface area contributed by atoms with E-state index in [4.69, 9.17) is 0 Å². The second-order valence-corrected chi connectivity index (χ2v) is 9.04. The summed E-state index contributed by atoms with van der Waals surface area (Å²) in [5.41, 5.74) is 1.07. The molecule has 154 valence electrons. The van der Waals surface area contributed by atoms with E-state index in [1.807, 2.05) is 30.3 Å². The molecule has 0 radical (unpaired) electrons. The zero-order valence-corrected chi connectivity index (χ0v) is 17.4. The molecule has 1 aliphatic rings. The predicted octanol–water partition coefficient (Wildman–Crippen LogP) is 4.41. The molecule has 31 heavy (non-hydrogen) atoms. The minimum atomic E-state index is -3.98. The number of rotatable bonds is 4. The van der Waals surface area contributed by atoms with Crippen LogP contribution in [-0.2, 0) is 10.0 Å². The van der Waals surface area contributed by atoms with Crippen molar-refractivity contribution in [2.24, 2.45) is 0 Å². The second-order valence-electron chi connectivity index (χ2n) is 7.36. The Morgan fingerprint density at radius 1 is 0.806 bits per heavy atom. The van der Waals surface area contributed by atoms with E-state index < -0.39 is 15.9 Å². The van der Waals surface area contributed by atoms with Crippen LogP contribution in [0.5, 0.6) is 0 Å². The first-order valence-corrected chi connectivity index (χ1v) is 11.3. The lowest BCUT2D eigenvalue weighted by Gasteiger charge is -2.26. The minimum Gasteiger partial charge on any atom is -0.279 e. The van der Waals surface area contributed by atoms with Crippen LogP contribution in [0.25, 0.3) is 21.5 Å².